The Labute approximate surface area is 323 Å². The lowest BCUT2D eigenvalue weighted by Crippen LogP contribution is -2.43. The molecule has 0 saturated heterocycles. The number of aryl methyl sites for hydroxylation is 1. The SMILES string of the molecule is Br.CCCCCCCCCCCCc1ccc(C(C)(N)C(=O)OC)c(CCCCCCCCCCCC)c1CCCCCCCCCCCC. The third-order valence-electron chi connectivity index (χ3n) is 11.1. The minimum Gasteiger partial charge on any atom is -0.467 e. The van der Waals surface area contributed by atoms with E-state index in [2.05, 4.69) is 32.9 Å². The first-order valence-electron chi connectivity index (χ1n) is 21.9. The highest BCUT2D eigenvalue weighted by molar-refractivity contribution is 8.93. The summed E-state index contributed by atoms with van der Waals surface area (Å²) in [6.07, 6.45) is 43.8. The highest BCUT2D eigenvalue weighted by Crippen LogP contribution is 2.32. The highest BCUT2D eigenvalue weighted by atomic mass is 79.9. The van der Waals surface area contributed by atoms with Crippen molar-refractivity contribution in [1.82, 2.24) is 0 Å². The maximum Gasteiger partial charge on any atom is 0.330 e. The van der Waals surface area contributed by atoms with Crippen molar-refractivity contribution in [2.45, 2.75) is 245 Å². The van der Waals surface area contributed by atoms with Gasteiger partial charge in [-0.25, -0.2) is 4.79 Å². The molecule has 1 unspecified atom stereocenters. The molecule has 3 nitrogen and oxygen atoms in total. The van der Waals surface area contributed by atoms with Gasteiger partial charge < -0.3 is 10.5 Å². The summed E-state index contributed by atoms with van der Waals surface area (Å²) in [5.74, 6) is -0.329. The Kier molecular flexibility index (Phi) is 33.3. The Hall–Kier alpha value is -0.870. The molecular weight excluding hydrogens is 678 g/mol. The predicted octanol–water partition coefficient (Wildman–Crippen LogP) is 15.0. The van der Waals surface area contributed by atoms with Crippen LogP contribution in [-0.4, -0.2) is 13.1 Å². The quantitative estimate of drug-likeness (QED) is 0.0553. The smallest absolute Gasteiger partial charge is 0.330 e. The first-order chi connectivity index (χ1) is 23.9. The molecule has 0 spiro atoms. The molecule has 1 rings (SSSR count). The van der Waals surface area contributed by atoms with Crippen LogP contribution in [0.1, 0.15) is 243 Å². The van der Waals surface area contributed by atoms with E-state index in [1.165, 1.54) is 216 Å². The molecule has 0 fully saturated rings. The number of esters is 1. The summed E-state index contributed by atoms with van der Waals surface area (Å²) >= 11 is 0. The molecule has 0 amide bonds. The Bertz CT molecular complexity index is 914. The molecule has 0 heterocycles. The van der Waals surface area contributed by atoms with Crippen molar-refractivity contribution < 1.29 is 9.53 Å². The van der Waals surface area contributed by atoms with Gasteiger partial charge in [0.05, 0.1) is 7.11 Å². The summed E-state index contributed by atoms with van der Waals surface area (Å²) in [5.41, 5.74) is 11.1. The number of unbranched alkanes of at least 4 members (excludes halogenated alkanes) is 27. The number of rotatable bonds is 35. The highest BCUT2D eigenvalue weighted by Gasteiger charge is 2.34. The van der Waals surface area contributed by atoms with Crippen LogP contribution in [0.3, 0.4) is 0 Å². The molecule has 2 N–H and O–H groups in total. The van der Waals surface area contributed by atoms with E-state index in [4.69, 9.17) is 10.5 Å². The molecule has 0 radical (unpaired) electrons. The average molecular weight is 765 g/mol. The van der Waals surface area contributed by atoms with Gasteiger partial charge in [0.2, 0.25) is 0 Å². The maximum absolute atomic E-state index is 13.0. The van der Waals surface area contributed by atoms with Gasteiger partial charge in [-0.2, -0.15) is 0 Å². The molecule has 0 aliphatic heterocycles. The molecule has 0 bridgehead atoms. The van der Waals surface area contributed by atoms with Gasteiger partial charge in [0.1, 0.15) is 5.54 Å². The van der Waals surface area contributed by atoms with Crippen LogP contribution in [-0.2, 0) is 34.3 Å². The van der Waals surface area contributed by atoms with Gasteiger partial charge in [0.25, 0.3) is 0 Å². The zero-order valence-electron chi connectivity index (χ0n) is 34.3. The second-order valence-corrected chi connectivity index (χ2v) is 15.7. The lowest BCUT2D eigenvalue weighted by atomic mass is 9.80. The van der Waals surface area contributed by atoms with E-state index in [1.807, 2.05) is 6.92 Å². The normalized spacial score (nSPS) is 12.5. The summed E-state index contributed by atoms with van der Waals surface area (Å²) in [4.78, 5) is 13.0. The van der Waals surface area contributed by atoms with E-state index in [9.17, 15) is 4.79 Å². The lowest BCUT2D eigenvalue weighted by Gasteiger charge is -2.28. The zero-order valence-corrected chi connectivity index (χ0v) is 36.0. The van der Waals surface area contributed by atoms with Gasteiger partial charge in [0.15, 0.2) is 0 Å². The second-order valence-electron chi connectivity index (χ2n) is 15.7. The molecule has 50 heavy (non-hydrogen) atoms. The number of benzene rings is 1. The van der Waals surface area contributed by atoms with E-state index in [0.29, 0.717) is 0 Å². The van der Waals surface area contributed by atoms with Crippen LogP contribution in [0.5, 0.6) is 0 Å². The van der Waals surface area contributed by atoms with Gasteiger partial charge in [-0.3, -0.25) is 0 Å². The van der Waals surface area contributed by atoms with Gasteiger partial charge in [-0.1, -0.05) is 206 Å². The zero-order chi connectivity index (χ0) is 35.8. The van der Waals surface area contributed by atoms with E-state index in [0.717, 1.165) is 24.8 Å². The summed E-state index contributed by atoms with van der Waals surface area (Å²) in [5, 5.41) is 0. The van der Waals surface area contributed by atoms with Gasteiger partial charge in [0, 0.05) is 0 Å². The summed E-state index contributed by atoms with van der Waals surface area (Å²) < 4.78 is 5.24. The predicted molar refractivity (Wildman–Crippen MR) is 227 cm³/mol. The van der Waals surface area contributed by atoms with Crippen LogP contribution < -0.4 is 5.73 Å². The fourth-order valence-electron chi connectivity index (χ4n) is 7.76. The Morgan fingerprint density at radius 3 is 1.14 bits per heavy atom. The summed E-state index contributed by atoms with van der Waals surface area (Å²) in [6, 6.07) is 4.51. The first-order valence-corrected chi connectivity index (χ1v) is 21.9. The topological polar surface area (TPSA) is 52.3 Å². The molecule has 1 atom stereocenters. The van der Waals surface area contributed by atoms with Crippen LogP contribution in [0, 0.1) is 0 Å². The Morgan fingerprint density at radius 2 is 0.800 bits per heavy atom. The second kappa shape index (κ2) is 33.9. The van der Waals surface area contributed by atoms with E-state index >= 15 is 0 Å². The van der Waals surface area contributed by atoms with Gasteiger partial charge in [-0.15, -0.1) is 17.0 Å². The van der Waals surface area contributed by atoms with Crippen LogP contribution in [0.15, 0.2) is 12.1 Å². The monoisotopic (exact) mass is 764 g/mol. The van der Waals surface area contributed by atoms with Crippen molar-refractivity contribution in [3.8, 4) is 0 Å². The molecule has 0 aliphatic rings. The molecular formula is C46H86BrNO2. The average Bonchev–Trinajstić information content (AvgIpc) is 3.10. The van der Waals surface area contributed by atoms with Crippen LogP contribution in [0.25, 0.3) is 0 Å². The van der Waals surface area contributed by atoms with Crippen molar-refractivity contribution >= 4 is 23.0 Å². The maximum atomic E-state index is 13.0. The first kappa shape index (κ1) is 49.1. The van der Waals surface area contributed by atoms with E-state index < -0.39 is 5.54 Å². The third-order valence-corrected chi connectivity index (χ3v) is 11.1. The minimum atomic E-state index is -1.12. The fourth-order valence-corrected chi connectivity index (χ4v) is 7.76. The van der Waals surface area contributed by atoms with Crippen LogP contribution in [0.4, 0.5) is 0 Å². The standard InChI is InChI=1S/C46H85NO2.BrH/c1-6-9-12-15-18-21-24-27-30-33-36-41-39-40-44(46(4,47)45(48)49-5)43(38-35-32-29-26-23-20-17-14-11-8-3)42(41)37-34-31-28-25-22-19-16-13-10-7-2;/h39-40H,6-38,47H2,1-5H3;1H. The lowest BCUT2D eigenvalue weighted by molar-refractivity contribution is -0.146. The number of ether oxygens (including phenoxy) is 1. The van der Waals surface area contributed by atoms with Crippen LogP contribution >= 0.6 is 17.0 Å². The molecule has 1 aromatic carbocycles. The van der Waals surface area contributed by atoms with Crippen LogP contribution in [0.2, 0.25) is 0 Å². The largest absolute Gasteiger partial charge is 0.467 e. The molecule has 0 saturated carbocycles. The van der Waals surface area contributed by atoms with Crippen molar-refractivity contribution in [3.63, 3.8) is 0 Å². The Morgan fingerprint density at radius 1 is 0.500 bits per heavy atom. The number of methoxy groups -OCH3 is 1. The fraction of sp³-hybridized carbons (Fsp3) is 0.848. The minimum absolute atomic E-state index is 0. The van der Waals surface area contributed by atoms with E-state index in [1.54, 1.807) is 0 Å². The number of nitrogens with two attached hydrogens (primary N) is 1. The van der Waals surface area contributed by atoms with Gasteiger partial charge >= 0.3 is 5.97 Å². The number of carbonyl (C=O) groups is 1. The molecule has 0 aliphatic carbocycles. The van der Waals surface area contributed by atoms with Crippen molar-refractivity contribution in [2.75, 3.05) is 7.11 Å². The number of carbonyl (C=O) groups excluding carboxylic acids is 1. The number of halogens is 1. The van der Waals surface area contributed by atoms with Crippen molar-refractivity contribution in [3.05, 3.63) is 34.4 Å². The molecule has 1 aromatic rings. The molecule has 294 valence electrons. The Balaban J connectivity index is 0.0000240. The summed E-state index contributed by atoms with van der Waals surface area (Å²) in [6.45, 7) is 8.75. The van der Waals surface area contributed by atoms with Crippen molar-refractivity contribution in [1.29, 1.82) is 0 Å². The number of hydrogen-bond acceptors (Lipinski definition) is 3. The van der Waals surface area contributed by atoms with E-state index in [-0.39, 0.29) is 23.0 Å². The molecule has 4 heteroatoms. The summed E-state index contributed by atoms with van der Waals surface area (Å²) in [7, 11) is 1.47. The number of hydrogen-bond donors (Lipinski definition) is 1. The third kappa shape index (κ3) is 22.9. The van der Waals surface area contributed by atoms with Crippen molar-refractivity contribution in [2.24, 2.45) is 5.73 Å². The molecule has 0 aromatic heterocycles. The van der Waals surface area contributed by atoms with Gasteiger partial charge in [-0.05, 0) is 67.7 Å².